The highest BCUT2D eigenvalue weighted by Gasteiger charge is 2.15. The Morgan fingerprint density at radius 3 is 2.39 bits per heavy atom. The summed E-state index contributed by atoms with van der Waals surface area (Å²) in [5, 5.41) is 0.400. The van der Waals surface area contributed by atoms with E-state index >= 15 is 0 Å². The van der Waals surface area contributed by atoms with E-state index < -0.39 is 10.0 Å². The second kappa shape index (κ2) is 4.83. The molecule has 0 unspecified atom stereocenters. The van der Waals surface area contributed by atoms with Crippen molar-refractivity contribution < 1.29 is 8.42 Å². The van der Waals surface area contributed by atoms with Crippen molar-refractivity contribution in [3.63, 3.8) is 0 Å². The molecule has 0 aliphatic carbocycles. The Balaban J connectivity index is 2.30. The number of pyridine rings is 1. The van der Waals surface area contributed by atoms with Gasteiger partial charge in [0, 0.05) is 10.7 Å². The van der Waals surface area contributed by atoms with Crippen LogP contribution < -0.4 is 10.5 Å². The molecule has 0 amide bonds. The van der Waals surface area contributed by atoms with Crippen molar-refractivity contribution in [2.75, 3.05) is 10.5 Å². The number of hydrogen-bond donors (Lipinski definition) is 2. The van der Waals surface area contributed by atoms with Crippen LogP contribution in [0, 0.1) is 0 Å². The van der Waals surface area contributed by atoms with Gasteiger partial charge in [-0.25, -0.2) is 4.98 Å². The lowest BCUT2D eigenvalue weighted by Gasteiger charge is -2.07. The van der Waals surface area contributed by atoms with Gasteiger partial charge in [0.25, 0.3) is 10.0 Å². The number of halogens is 1. The van der Waals surface area contributed by atoms with Crippen molar-refractivity contribution in [3.8, 4) is 0 Å². The third-order valence-corrected chi connectivity index (χ3v) is 3.65. The zero-order valence-electron chi connectivity index (χ0n) is 9.17. The number of sulfonamides is 1. The van der Waals surface area contributed by atoms with Crippen LogP contribution in [0.25, 0.3) is 0 Å². The van der Waals surface area contributed by atoms with E-state index in [1.54, 1.807) is 24.3 Å². The molecule has 7 heteroatoms. The van der Waals surface area contributed by atoms with Gasteiger partial charge in [-0.05, 0) is 36.4 Å². The Bertz CT molecular complexity index is 656. The summed E-state index contributed by atoms with van der Waals surface area (Å²) in [6, 6.07) is 10.7. The molecular formula is C11H10ClN3O2S. The lowest BCUT2D eigenvalue weighted by Crippen LogP contribution is -2.14. The largest absolute Gasteiger partial charge is 0.384 e. The van der Waals surface area contributed by atoms with Crippen molar-refractivity contribution in [1.82, 2.24) is 4.98 Å². The van der Waals surface area contributed by atoms with Gasteiger partial charge in [-0.3, -0.25) is 4.72 Å². The van der Waals surface area contributed by atoms with E-state index in [-0.39, 0.29) is 10.8 Å². The Morgan fingerprint density at radius 2 is 1.78 bits per heavy atom. The van der Waals surface area contributed by atoms with Crippen LogP contribution in [0.4, 0.5) is 11.5 Å². The van der Waals surface area contributed by atoms with Crippen LogP contribution >= 0.6 is 11.6 Å². The number of anilines is 2. The normalized spacial score (nSPS) is 11.2. The maximum atomic E-state index is 12.0. The van der Waals surface area contributed by atoms with E-state index in [1.165, 1.54) is 18.2 Å². The monoisotopic (exact) mass is 283 g/mol. The number of nitrogens with two attached hydrogens (primary N) is 1. The highest BCUT2D eigenvalue weighted by Crippen LogP contribution is 2.17. The van der Waals surface area contributed by atoms with E-state index in [4.69, 9.17) is 17.3 Å². The molecule has 0 bridgehead atoms. The summed E-state index contributed by atoms with van der Waals surface area (Å²) in [7, 11) is -3.73. The topological polar surface area (TPSA) is 85.1 Å². The van der Waals surface area contributed by atoms with Crippen LogP contribution in [-0.2, 0) is 10.0 Å². The molecule has 0 aliphatic heterocycles. The fourth-order valence-electron chi connectivity index (χ4n) is 1.31. The Labute approximate surface area is 110 Å². The van der Waals surface area contributed by atoms with Gasteiger partial charge >= 0.3 is 0 Å². The fraction of sp³-hybridized carbons (Fsp3) is 0. The number of nitrogen functional groups attached to an aromatic ring is 1. The molecular weight excluding hydrogens is 274 g/mol. The lowest BCUT2D eigenvalue weighted by molar-refractivity contribution is 0.598. The maximum Gasteiger partial charge on any atom is 0.279 e. The molecule has 1 heterocycles. The van der Waals surface area contributed by atoms with Gasteiger partial charge in [0.1, 0.15) is 5.82 Å². The molecule has 0 saturated carbocycles. The van der Waals surface area contributed by atoms with Gasteiger partial charge in [-0.15, -0.1) is 0 Å². The van der Waals surface area contributed by atoms with Crippen molar-refractivity contribution >= 4 is 33.1 Å². The summed E-state index contributed by atoms with van der Waals surface area (Å²) in [6.07, 6.45) is 0. The first-order valence-corrected chi connectivity index (χ1v) is 6.84. The SMILES string of the molecule is Nc1cccc(S(=O)(=O)Nc2ccc(Cl)cc2)n1. The van der Waals surface area contributed by atoms with Gasteiger partial charge in [0.2, 0.25) is 0 Å². The molecule has 0 fully saturated rings. The summed E-state index contributed by atoms with van der Waals surface area (Å²) in [4.78, 5) is 3.76. The van der Waals surface area contributed by atoms with Crippen LogP contribution in [-0.4, -0.2) is 13.4 Å². The van der Waals surface area contributed by atoms with Crippen LogP contribution in [0.15, 0.2) is 47.5 Å². The summed E-state index contributed by atoms with van der Waals surface area (Å²) in [5.74, 6) is 0.147. The second-order valence-electron chi connectivity index (χ2n) is 3.51. The van der Waals surface area contributed by atoms with Gasteiger partial charge < -0.3 is 5.73 Å². The minimum atomic E-state index is -3.73. The number of nitrogens with zero attached hydrogens (tertiary/aromatic N) is 1. The Hall–Kier alpha value is -1.79. The van der Waals surface area contributed by atoms with Gasteiger partial charge in [0.15, 0.2) is 5.03 Å². The third-order valence-electron chi connectivity index (χ3n) is 2.12. The minimum Gasteiger partial charge on any atom is -0.384 e. The standard InChI is InChI=1S/C11H10ClN3O2S/c12-8-4-6-9(7-5-8)15-18(16,17)11-3-1-2-10(13)14-11/h1-7,15H,(H2,13,14). The quantitative estimate of drug-likeness (QED) is 0.903. The maximum absolute atomic E-state index is 12.0. The molecule has 18 heavy (non-hydrogen) atoms. The fourth-order valence-corrected chi connectivity index (χ4v) is 2.47. The molecule has 1 aromatic heterocycles. The molecule has 0 radical (unpaired) electrons. The highest BCUT2D eigenvalue weighted by atomic mass is 35.5. The van der Waals surface area contributed by atoms with E-state index in [1.807, 2.05) is 0 Å². The van der Waals surface area contributed by atoms with E-state index in [2.05, 4.69) is 9.71 Å². The number of benzene rings is 1. The third kappa shape index (κ3) is 2.91. The van der Waals surface area contributed by atoms with Crippen molar-refractivity contribution in [2.45, 2.75) is 5.03 Å². The average molecular weight is 284 g/mol. The summed E-state index contributed by atoms with van der Waals surface area (Å²) in [5.41, 5.74) is 5.85. The first kappa shape index (κ1) is 12.7. The Morgan fingerprint density at radius 1 is 1.11 bits per heavy atom. The molecule has 0 spiro atoms. The van der Waals surface area contributed by atoms with E-state index in [0.29, 0.717) is 10.7 Å². The van der Waals surface area contributed by atoms with Crippen LogP contribution in [0.2, 0.25) is 5.02 Å². The smallest absolute Gasteiger partial charge is 0.279 e. The highest BCUT2D eigenvalue weighted by molar-refractivity contribution is 7.92. The van der Waals surface area contributed by atoms with Gasteiger partial charge in [0.05, 0.1) is 0 Å². The van der Waals surface area contributed by atoms with Crippen molar-refractivity contribution in [1.29, 1.82) is 0 Å². The Kier molecular flexibility index (Phi) is 3.40. The second-order valence-corrected chi connectivity index (χ2v) is 5.58. The predicted octanol–water partition coefficient (Wildman–Crippen LogP) is 2.12. The molecule has 2 aromatic rings. The van der Waals surface area contributed by atoms with Crippen LogP contribution in [0.1, 0.15) is 0 Å². The number of hydrogen-bond acceptors (Lipinski definition) is 4. The summed E-state index contributed by atoms with van der Waals surface area (Å²) >= 11 is 5.71. The zero-order valence-corrected chi connectivity index (χ0v) is 10.7. The molecule has 0 atom stereocenters. The molecule has 1 aromatic carbocycles. The molecule has 2 rings (SSSR count). The van der Waals surface area contributed by atoms with Crippen molar-refractivity contribution in [3.05, 3.63) is 47.5 Å². The van der Waals surface area contributed by atoms with E-state index in [0.717, 1.165) is 0 Å². The number of rotatable bonds is 3. The van der Waals surface area contributed by atoms with E-state index in [9.17, 15) is 8.42 Å². The lowest BCUT2D eigenvalue weighted by atomic mass is 10.3. The minimum absolute atomic E-state index is 0.127. The molecule has 94 valence electrons. The summed E-state index contributed by atoms with van der Waals surface area (Å²) < 4.78 is 26.3. The first-order valence-electron chi connectivity index (χ1n) is 4.98. The average Bonchev–Trinajstić information content (AvgIpc) is 2.32. The first-order chi connectivity index (χ1) is 8.47. The molecule has 0 saturated heterocycles. The molecule has 5 nitrogen and oxygen atoms in total. The number of aromatic nitrogens is 1. The number of nitrogens with one attached hydrogen (secondary N) is 1. The summed E-state index contributed by atoms with van der Waals surface area (Å²) in [6.45, 7) is 0. The van der Waals surface area contributed by atoms with Gasteiger partial charge in [-0.2, -0.15) is 8.42 Å². The zero-order chi connectivity index (χ0) is 13.2. The van der Waals surface area contributed by atoms with Crippen LogP contribution in [0.3, 0.4) is 0 Å². The van der Waals surface area contributed by atoms with Gasteiger partial charge in [-0.1, -0.05) is 17.7 Å². The predicted molar refractivity (Wildman–Crippen MR) is 70.9 cm³/mol. The van der Waals surface area contributed by atoms with Crippen LogP contribution in [0.5, 0.6) is 0 Å². The van der Waals surface area contributed by atoms with Crippen molar-refractivity contribution in [2.24, 2.45) is 0 Å². The molecule has 0 aliphatic rings. The molecule has 3 N–H and O–H groups in total.